The zero-order valence-corrected chi connectivity index (χ0v) is 35.0. The van der Waals surface area contributed by atoms with E-state index in [9.17, 15) is 24.2 Å². The summed E-state index contributed by atoms with van der Waals surface area (Å²) in [5.74, 6) is -1.01. The van der Waals surface area contributed by atoms with E-state index >= 15 is 0 Å². The van der Waals surface area contributed by atoms with Gasteiger partial charge in [0.05, 0.1) is 19.8 Å². The number of ether oxygens (including phenoxy) is 2. The van der Waals surface area contributed by atoms with E-state index in [2.05, 4.69) is 91.3 Å². The van der Waals surface area contributed by atoms with Crippen molar-refractivity contribution in [2.24, 2.45) is 0 Å². The van der Waals surface area contributed by atoms with Crippen LogP contribution in [0.15, 0.2) is 72.9 Å². The van der Waals surface area contributed by atoms with Crippen molar-refractivity contribution < 1.29 is 47.8 Å². The second-order valence-corrected chi connectivity index (χ2v) is 15.1. The second kappa shape index (κ2) is 39.6. The number of aliphatic hydroxyl groups is 2. The molecule has 0 saturated carbocycles. The summed E-state index contributed by atoms with van der Waals surface area (Å²) >= 11 is 0. The molecule has 0 amide bonds. The molecule has 0 saturated heterocycles. The van der Waals surface area contributed by atoms with Crippen LogP contribution in [-0.2, 0) is 32.7 Å². The van der Waals surface area contributed by atoms with E-state index in [1.165, 1.54) is 44.9 Å². The van der Waals surface area contributed by atoms with Crippen LogP contribution in [0.1, 0.15) is 155 Å². The summed E-state index contributed by atoms with van der Waals surface area (Å²) in [7, 11) is -4.64. The summed E-state index contributed by atoms with van der Waals surface area (Å²) in [6.07, 6.45) is 44.4. The highest BCUT2D eigenvalue weighted by atomic mass is 31.2. The van der Waals surface area contributed by atoms with E-state index < -0.39 is 51.8 Å². The minimum absolute atomic E-state index is 0.131. The molecule has 3 atom stereocenters. The second-order valence-electron chi connectivity index (χ2n) is 13.7. The zero-order valence-electron chi connectivity index (χ0n) is 34.1. The smallest absolute Gasteiger partial charge is 0.462 e. The highest BCUT2D eigenvalue weighted by Gasteiger charge is 2.27. The molecule has 0 heterocycles. The Balaban J connectivity index is 4.45. The number of rotatable bonds is 38. The number of phosphoric ester groups is 1. The van der Waals surface area contributed by atoms with E-state index in [0.29, 0.717) is 12.8 Å². The molecule has 3 N–H and O–H groups in total. The molecule has 0 spiro atoms. The molecule has 316 valence electrons. The number of hydrogen-bond acceptors (Lipinski definition) is 9. The number of aliphatic hydroxyl groups excluding tert-OH is 2. The summed E-state index contributed by atoms with van der Waals surface area (Å²) in [6, 6.07) is 0. The Kier molecular flexibility index (Phi) is 37.8. The van der Waals surface area contributed by atoms with Crippen LogP contribution in [0.4, 0.5) is 0 Å². The number of hydrogen-bond donors (Lipinski definition) is 3. The summed E-state index contributed by atoms with van der Waals surface area (Å²) in [6.45, 7) is 2.21. The van der Waals surface area contributed by atoms with Crippen molar-refractivity contribution in [3.05, 3.63) is 72.9 Å². The van der Waals surface area contributed by atoms with Gasteiger partial charge < -0.3 is 24.6 Å². The van der Waals surface area contributed by atoms with Gasteiger partial charge in [-0.05, 0) is 83.5 Å². The predicted molar refractivity (Wildman–Crippen MR) is 223 cm³/mol. The molecule has 0 aliphatic heterocycles. The van der Waals surface area contributed by atoms with Gasteiger partial charge in [0.15, 0.2) is 6.10 Å². The molecule has 0 aromatic heterocycles. The Labute approximate surface area is 333 Å². The van der Waals surface area contributed by atoms with Crippen molar-refractivity contribution in [3.63, 3.8) is 0 Å². The molecule has 55 heavy (non-hydrogen) atoms. The van der Waals surface area contributed by atoms with Gasteiger partial charge in [0.1, 0.15) is 12.7 Å². The predicted octanol–water partition coefficient (Wildman–Crippen LogP) is 10.9. The van der Waals surface area contributed by atoms with Crippen LogP contribution in [0.2, 0.25) is 0 Å². The lowest BCUT2D eigenvalue weighted by atomic mass is 10.1. The number of carbonyl (C=O) groups excluding carboxylic acids is 2. The maximum Gasteiger partial charge on any atom is 0.472 e. The van der Waals surface area contributed by atoms with Gasteiger partial charge in [-0.1, -0.05) is 132 Å². The van der Waals surface area contributed by atoms with Gasteiger partial charge in [0.25, 0.3) is 0 Å². The molecule has 0 rings (SSSR count). The van der Waals surface area contributed by atoms with E-state index in [1.807, 2.05) is 0 Å². The largest absolute Gasteiger partial charge is 0.472 e. The molecule has 10 nitrogen and oxygen atoms in total. The van der Waals surface area contributed by atoms with E-state index in [1.54, 1.807) is 0 Å². The summed E-state index contributed by atoms with van der Waals surface area (Å²) < 4.78 is 32.6. The Morgan fingerprint density at radius 2 is 0.982 bits per heavy atom. The quantitative estimate of drug-likeness (QED) is 0.0239. The number of allylic oxidation sites excluding steroid dienone is 12. The highest BCUT2D eigenvalue weighted by Crippen LogP contribution is 2.43. The first-order valence-electron chi connectivity index (χ1n) is 20.9. The lowest BCUT2D eigenvalue weighted by Crippen LogP contribution is -2.29. The fourth-order valence-corrected chi connectivity index (χ4v) is 5.86. The number of esters is 2. The molecular formula is C44H75O10P. The number of carbonyl (C=O) groups is 2. The van der Waals surface area contributed by atoms with Crippen molar-refractivity contribution in [2.45, 2.75) is 167 Å². The van der Waals surface area contributed by atoms with Crippen molar-refractivity contribution in [2.75, 3.05) is 26.4 Å². The third-order valence-corrected chi connectivity index (χ3v) is 9.27. The van der Waals surface area contributed by atoms with Crippen LogP contribution in [0.3, 0.4) is 0 Å². The molecule has 0 aliphatic rings. The van der Waals surface area contributed by atoms with Gasteiger partial charge in [-0.15, -0.1) is 0 Å². The van der Waals surface area contributed by atoms with Crippen molar-refractivity contribution in [3.8, 4) is 0 Å². The summed E-state index contributed by atoms with van der Waals surface area (Å²) in [5.41, 5.74) is 0. The lowest BCUT2D eigenvalue weighted by molar-refractivity contribution is -0.161. The lowest BCUT2D eigenvalue weighted by Gasteiger charge is -2.20. The molecular weight excluding hydrogens is 719 g/mol. The molecule has 0 radical (unpaired) electrons. The van der Waals surface area contributed by atoms with Gasteiger partial charge in [-0.3, -0.25) is 18.6 Å². The van der Waals surface area contributed by atoms with Crippen LogP contribution in [0.5, 0.6) is 0 Å². The molecule has 0 fully saturated rings. The Hall–Kier alpha value is -2.59. The minimum Gasteiger partial charge on any atom is -0.462 e. The first-order valence-corrected chi connectivity index (χ1v) is 22.4. The van der Waals surface area contributed by atoms with Gasteiger partial charge in [0, 0.05) is 12.8 Å². The van der Waals surface area contributed by atoms with E-state index in [-0.39, 0.29) is 19.4 Å². The number of phosphoric acid groups is 1. The molecule has 0 aromatic rings. The first-order chi connectivity index (χ1) is 26.7. The van der Waals surface area contributed by atoms with Crippen molar-refractivity contribution in [1.82, 2.24) is 0 Å². The Morgan fingerprint density at radius 1 is 0.545 bits per heavy atom. The van der Waals surface area contributed by atoms with Gasteiger partial charge in [-0.2, -0.15) is 0 Å². The zero-order chi connectivity index (χ0) is 40.5. The van der Waals surface area contributed by atoms with Crippen molar-refractivity contribution >= 4 is 19.8 Å². The Morgan fingerprint density at radius 3 is 1.53 bits per heavy atom. The molecule has 1 unspecified atom stereocenters. The van der Waals surface area contributed by atoms with Crippen LogP contribution in [0.25, 0.3) is 0 Å². The fraction of sp³-hybridized carbons (Fsp3) is 0.682. The normalized spacial score (nSPS) is 14.6. The maximum absolute atomic E-state index is 12.6. The van der Waals surface area contributed by atoms with Crippen LogP contribution < -0.4 is 0 Å². The minimum atomic E-state index is -4.64. The van der Waals surface area contributed by atoms with Gasteiger partial charge in [0.2, 0.25) is 0 Å². The average Bonchev–Trinajstić information content (AvgIpc) is 3.17. The number of unbranched alkanes of at least 4 members (excludes halogenated alkanes) is 12. The topological polar surface area (TPSA) is 149 Å². The standard InChI is InChI=1S/C44H75O10P/c1-3-5-7-9-11-13-15-17-19-20-22-23-25-27-29-31-33-35-43(47)51-39-42(40-53-55(49,50)52-38-41(46)37-45)54-44(48)36-34-32-30-28-26-24-21-18-16-14-12-10-8-6-4-2/h7,9,13,15,18-21,23,25-26,28,41-42,45-46H,3-6,8,10-12,14,16-17,22,24,27,29-40H2,1-2H3,(H,49,50)/b9-7+,15-13+,20-19+,21-18+,25-23+,28-26+/t41-,42+/m0/s1. The van der Waals surface area contributed by atoms with Crippen molar-refractivity contribution in [1.29, 1.82) is 0 Å². The van der Waals surface area contributed by atoms with Crippen LogP contribution in [-0.4, -0.2) is 65.7 Å². The molecule has 0 aromatic carbocycles. The van der Waals surface area contributed by atoms with Gasteiger partial charge >= 0.3 is 19.8 Å². The SMILES string of the molecule is CCC/C=C/C/C=C/C/C=C/C/C=C/CCCCCC(=O)OC[C@H](COP(=O)(O)OC[C@@H](O)CO)OC(=O)CCCC/C=C/C/C=C/CCCCCCCC. The summed E-state index contributed by atoms with van der Waals surface area (Å²) in [5, 5.41) is 18.3. The molecule has 11 heteroatoms. The first kappa shape index (κ1) is 52.4. The van der Waals surface area contributed by atoms with Gasteiger partial charge in [-0.25, -0.2) is 4.57 Å². The molecule has 0 bridgehead atoms. The third kappa shape index (κ3) is 39.4. The fourth-order valence-electron chi connectivity index (χ4n) is 5.07. The van der Waals surface area contributed by atoms with Crippen LogP contribution >= 0.6 is 7.82 Å². The maximum atomic E-state index is 12.6. The van der Waals surface area contributed by atoms with E-state index in [0.717, 1.165) is 70.6 Å². The molecule has 0 aliphatic carbocycles. The van der Waals surface area contributed by atoms with Crippen LogP contribution in [0, 0.1) is 0 Å². The third-order valence-electron chi connectivity index (χ3n) is 8.31. The summed E-state index contributed by atoms with van der Waals surface area (Å²) in [4.78, 5) is 34.9. The monoisotopic (exact) mass is 795 g/mol. The highest BCUT2D eigenvalue weighted by molar-refractivity contribution is 7.47. The average molecular weight is 795 g/mol. The van der Waals surface area contributed by atoms with E-state index in [4.69, 9.17) is 19.1 Å². The Bertz CT molecular complexity index is 1140.